The lowest BCUT2D eigenvalue weighted by molar-refractivity contribution is -0.314. The van der Waals surface area contributed by atoms with Crippen molar-refractivity contribution < 1.29 is 28.5 Å². The quantitative estimate of drug-likeness (QED) is 0.349. The summed E-state index contributed by atoms with van der Waals surface area (Å²) in [5.41, 5.74) is 0. The van der Waals surface area contributed by atoms with E-state index in [1.165, 1.54) is 6.08 Å². The summed E-state index contributed by atoms with van der Waals surface area (Å²) in [6.45, 7) is 1.92. The van der Waals surface area contributed by atoms with Crippen LogP contribution in [0.2, 0.25) is 0 Å². The molecule has 0 N–H and O–H groups in total. The summed E-state index contributed by atoms with van der Waals surface area (Å²) in [4.78, 5) is 10.5. The minimum atomic E-state index is -0.603. The van der Waals surface area contributed by atoms with Crippen LogP contribution in [-0.2, 0) is 28.5 Å². The van der Waals surface area contributed by atoms with Crippen LogP contribution >= 0.6 is 31.9 Å². The molecule has 8 heteroatoms. The number of hydrogen-bond acceptors (Lipinski definition) is 6. The monoisotopic (exact) mass is 484 g/mol. The Hall–Kier alpha value is -0.0900. The van der Waals surface area contributed by atoms with Crippen molar-refractivity contribution in [2.75, 3.05) is 21.3 Å². The molecule has 1 rings (SSSR count). The van der Waals surface area contributed by atoms with Crippen molar-refractivity contribution in [3.63, 3.8) is 0 Å². The number of halogens is 2. The lowest BCUT2D eigenvalue weighted by Gasteiger charge is -2.44. The summed E-state index contributed by atoms with van der Waals surface area (Å²) in [6.07, 6.45) is 5.12. The first-order valence-corrected chi connectivity index (χ1v) is 9.57. The maximum Gasteiger partial charge on any atom is 0.187 e. The van der Waals surface area contributed by atoms with Gasteiger partial charge in [-0.05, 0) is 57.7 Å². The Morgan fingerprint density at radius 1 is 1.08 bits per heavy atom. The SMILES string of the molecule is COC1C(C)OC(O[C@H](CC=C(Br)Br)C/C=C/C=O)C(OC)C1OC. The van der Waals surface area contributed by atoms with E-state index in [-0.39, 0.29) is 24.4 Å². The highest BCUT2D eigenvalue weighted by molar-refractivity contribution is 9.28. The second-order valence-corrected chi connectivity index (χ2v) is 8.37. The van der Waals surface area contributed by atoms with Crippen molar-refractivity contribution in [2.45, 2.75) is 56.6 Å². The molecule has 25 heavy (non-hydrogen) atoms. The van der Waals surface area contributed by atoms with Crippen LogP contribution in [0, 0.1) is 0 Å². The van der Waals surface area contributed by atoms with Crippen LogP contribution in [0.5, 0.6) is 0 Å². The molecule has 0 aromatic heterocycles. The first kappa shape index (κ1) is 23.0. The van der Waals surface area contributed by atoms with E-state index >= 15 is 0 Å². The van der Waals surface area contributed by atoms with Crippen molar-refractivity contribution in [3.05, 3.63) is 21.6 Å². The van der Waals surface area contributed by atoms with Crippen molar-refractivity contribution in [3.8, 4) is 0 Å². The summed E-state index contributed by atoms with van der Waals surface area (Å²) in [7, 11) is 4.83. The Labute approximate surface area is 166 Å². The number of aldehydes is 1. The van der Waals surface area contributed by atoms with E-state index in [2.05, 4.69) is 31.9 Å². The van der Waals surface area contributed by atoms with Gasteiger partial charge < -0.3 is 23.7 Å². The maximum atomic E-state index is 10.5. The van der Waals surface area contributed by atoms with E-state index in [1.54, 1.807) is 27.4 Å². The largest absolute Gasteiger partial charge is 0.376 e. The zero-order valence-electron chi connectivity index (χ0n) is 14.9. The number of methoxy groups -OCH3 is 3. The van der Waals surface area contributed by atoms with Crippen LogP contribution in [0.3, 0.4) is 0 Å². The van der Waals surface area contributed by atoms with Gasteiger partial charge in [0.2, 0.25) is 0 Å². The normalized spacial score (nSPS) is 31.0. The first-order valence-electron chi connectivity index (χ1n) is 7.99. The number of rotatable bonds is 10. The molecule has 0 bridgehead atoms. The van der Waals surface area contributed by atoms with Crippen LogP contribution in [0.15, 0.2) is 21.6 Å². The molecule has 144 valence electrons. The molecular formula is C17H26Br2O6. The van der Waals surface area contributed by atoms with Crippen LogP contribution in [0.25, 0.3) is 0 Å². The average Bonchev–Trinajstić information content (AvgIpc) is 2.58. The summed E-state index contributed by atoms with van der Waals surface area (Å²) in [5, 5.41) is 0. The van der Waals surface area contributed by atoms with E-state index in [0.717, 1.165) is 9.68 Å². The van der Waals surface area contributed by atoms with Gasteiger partial charge in [0.05, 0.1) is 15.6 Å². The fourth-order valence-electron chi connectivity index (χ4n) is 2.83. The Morgan fingerprint density at radius 3 is 2.24 bits per heavy atom. The fourth-order valence-corrected chi connectivity index (χ4v) is 3.20. The van der Waals surface area contributed by atoms with Gasteiger partial charge in [-0.2, -0.15) is 0 Å². The molecular weight excluding hydrogens is 460 g/mol. The first-order chi connectivity index (χ1) is 12.0. The van der Waals surface area contributed by atoms with Gasteiger partial charge in [-0.3, -0.25) is 4.79 Å². The number of carbonyl (C=O) groups excluding carboxylic acids is 1. The molecule has 1 fully saturated rings. The Balaban J connectivity index is 2.89. The smallest absolute Gasteiger partial charge is 0.187 e. The molecule has 6 atom stereocenters. The van der Waals surface area contributed by atoms with E-state index in [4.69, 9.17) is 23.7 Å². The number of hydrogen-bond donors (Lipinski definition) is 0. The predicted octanol–water partition coefficient (Wildman–Crippen LogP) is 3.33. The van der Waals surface area contributed by atoms with Crippen LogP contribution in [-0.4, -0.2) is 64.4 Å². The lowest BCUT2D eigenvalue weighted by Crippen LogP contribution is -2.59. The third kappa shape index (κ3) is 7.21. The third-order valence-corrected chi connectivity index (χ3v) is 4.67. The molecule has 1 aliphatic heterocycles. The topological polar surface area (TPSA) is 63.2 Å². The van der Waals surface area contributed by atoms with Gasteiger partial charge in [-0.15, -0.1) is 0 Å². The maximum absolute atomic E-state index is 10.5. The van der Waals surface area contributed by atoms with Gasteiger partial charge in [0, 0.05) is 21.3 Å². The second-order valence-electron chi connectivity index (χ2n) is 5.60. The average molecular weight is 486 g/mol. The molecule has 1 aliphatic rings. The van der Waals surface area contributed by atoms with E-state index in [9.17, 15) is 4.79 Å². The molecule has 1 saturated heterocycles. The zero-order valence-corrected chi connectivity index (χ0v) is 18.1. The molecule has 0 spiro atoms. The molecule has 1 heterocycles. The van der Waals surface area contributed by atoms with Crippen molar-refractivity contribution in [2.24, 2.45) is 0 Å². The zero-order chi connectivity index (χ0) is 18.8. The number of ether oxygens (including phenoxy) is 5. The summed E-state index contributed by atoms with van der Waals surface area (Å²) in [6, 6.07) is 0. The second kappa shape index (κ2) is 12.3. The van der Waals surface area contributed by atoms with Crippen LogP contribution < -0.4 is 0 Å². The molecule has 5 unspecified atom stereocenters. The molecule has 0 saturated carbocycles. The summed E-state index contributed by atoms with van der Waals surface area (Å²) >= 11 is 6.68. The summed E-state index contributed by atoms with van der Waals surface area (Å²) in [5.74, 6) is 0. The number of carbonyl (C=O) groups is 1. The van der Waals surface area contributed by atoms with Gasteiger partial charge >= 0.3 is 0 Å². The van der Waals surface area contributed by atoms with Crippen molar-refractivity contribution in [1.82, 2.24) is 0 Å². The fraction of sp³-hybridized carbons (Fsp3) is 0.706. The molecule has 0 radical (unpaired) electrons. The molecule has 6 nitrogen and oxygen atoms in total. The standard InChI is InChI=1S/C17H26Br2O6/c1-11-14(21-2)15(22-3)16(23-4)17(24-11)25-12(7-5-6-10-20)8-9-13(18)19/h5-6,9-12,14-17H,7-8H2,1-4H3/b6-5+/t11?,12-,14?,15?,16?,17?/m0/s1. The Morgan fingerprint density at radius 2 is 1.72 bits per heavy atom. The van der Waals surface area contributed by atoms with Gasteiger partial charge in [-0.1, -0.05) is 12.2 Å². The highest BCUT2D eigenvalue weighted by Gasteiger charge is 2.46. The van der Waals surface area contributed by atoms with E-state index in [0.29, 0.717) is 12.8 Å². The van der Waals surface area contributed by atoms with Gasteiger partial charge in [0.25, 0.3) is 0 Å². The van der Waals surface area contributed by atoms with Gasteiger partial charge in [0.15, 0.2) is 6.29 Å². The molecule has 0 aromatic carbocycles. The Bertz CT molecular complexity index is 452. The predicted molar refractivity (Wildman–Crippen MR) is 102 cm³/mol. The molecule has 0 amide bonds. The summed E-state index contributed by atoms with van der Waals surface area (Å²) < 4.78 is 29.6. The van der Waals surface area contributed by atoms with Crippen LogP contribution in [0.1, 0.15) is 19.8 Å². The minimum absolute atomic E-state index is 0.187. The highest BCUT2D eigenvalue weighted by atomic mass is 79.9. The Kier molecular flexibility index (Phi) is 11.3. The van der Waals surface area contributed by atoms with Crippen LogP contribution in [0.4, 0.5) is 0 Å². The number of allylic oxidation sites excluding steroid dienone is 1. The van der Waals surface area contributed by atoms with Gasteiger partial charge in [-0.25, -0.2) is 0 Å². The molecule has 0 aliphatic carbocycles. The van der Waals surface area contributed by atoms with Crippen molar-refractivity contribution in [1.29, 1.82) is 0 Å². The van der Waals surface area contributed by atoms with Crippen molar-refractivity contribution >= 4 is 38.1 Å². The minimum Gasteiger partial charge on any atom is -0.376 e. The van der Waals surface area contributed by atoms with E-state index < -0.39 is 12.4 Å². The third-order valence-electron chi connectivity index (χ3n) is 4.02. The molecule has 0 aromatic rings. The lowest BCUT2D eigenvalue weighted by atomic mass is 9.99. The van der Waals surface area contributed by atoms with Gasteiger partial charge in [0.1, 0.15) is 24.6 Å². The highest BCUT2D eigenvalue weighted by Crippen LogP contribution is 2.29. The van der Waals surface area contributed by atoms with E-state index in [1.807, 2.05) is 13.0 Å².